The van der Waals surface area contributed by atoms with Crippen molar-refractivity contribution in [3.8, 4) is 0 Å². The van der Waals surface area contributed by atoms with Gasteiger partial charge in [0.1, 0.15) is 0 Å². The first-order valence-corrected chi connectivity index (χ1v) is 7.04. The lowest BCUT2D eigenvalue weighted by molar-refractivity contribution is 0.415. The Morgan fingerprint density at radius 3 is 3.15 bits per heavy atom. The van der Waals surface area contributed by atoms with Crippen molar-refractivity contribution in [2.45, 2.75) is 25.4 Å². The third-order valence-corrected chi connectivity index (χ3v) is 3.79. The van der Waals surface area contributed by atoms with Crippen molar-refractivity contribution < 1.29 is 0 Å². The van der Waals surface area contributed by atoms with Crippen molar-refractivity contribution >= 4 is 5.82 Å². The van der Waals surface area contributed by atoms with E-state index in [0.717, 1.165) is 25.5 Å². The molecule has 0 unspecified atom stereocenters. The van der Waals surface area contributed by atoms with Gasteiger partial charge in [-0.3, -0.25) is 0 Å². The van der Waals surface area contributed by atoms with Gasteiger partial charge in [0.15, 0.2) is 5.82 Å². The Kier molecular flexibility index (Phi) is 3.92. The number of imidazole rings is 1. The van der Waals surface area contributed by atoms with Crippen LogP contribution in [0.5, 0.6) is 0 Å². The molecule has 1 saturated heterocycles. The van der Waals surface area contributed by atoms with Gasteiger partial charge in [-0.25, -0.2) is 4.98 Å². The van der Waals surface area contributed by atoms with Crippen molar-refractivity contribution in [3.05, 3.63) is 36.5 Å². The Balaban J connectivity index is 1.57. The number of nitrogens with zero attached hydrogens (tertiary/aromatic N) is 5. The van der Waals surface area contributed by atoms with Crippen LogP contribution >= 0.6 is 0 Å². The number of aromatic nitrogens is 4. The molecule has 3 rings (SSSR count). The summed E-state index contributed by atoms with van der Waals surface area (Å²) in [5.41, 5.74) is 1.21. The van der Waals surface area contributed by atoms with Crippen molar-refractivity contribution in [2.24, 2.45) is 7.05 Å². The molecular formula is C14H20N6. The molecule has 1 N–H and O–H groups in total. The smallest absolute Gasteiger partial charge is 0.151 e. The lowest BCUT2D eigenvalue weighted by Crippen LogP contribution is -2.46. The number of piperidine rings is 1. The maximum atomic E-state index is 4.20. The third kappa shape index (κ3) is 2.96. The van der Waals surface area contributed by atoms with Crippen LogP contribution in [0.4, 0.5) is 5.82 Å². The Bertz CT molecular complexity index is 538. The van der Waals surface area contributed by atoms with Gasteiger partial charge in [-0.15, -0.1) is 5.10 Å². The van der Waals surface area contributed by atoms with E-state index >= 15 is 0 Å². The summed E-state index contributed by atoms with van der Waals surface area (Å²) < 4.78 is 2.05. The van der Waals surface area contributed by atoms with Gasteiger partial charge in [0.05, 0.1) is 12.0 Å². The molecule has 0 aliphatic carbocycles. The summed E-state index contributed by atoms with van der Waals surface area (Å²) in [6.45, 7) is 2.90. The summed E-state index contributed by atoms with van der Waals surface area (Å²) in [6.07, 6.45) is 7.85. The van der Waals surface area contributed by atoms with Crippen LogP contribution in [0.2, 0.25) is 0 Å². The van der Waals surface area contributed by atoms with Gasteiger partial charge >= 0.3 is 0 Å². The predicted molar refractivity (Wildman–Crippen MR) is 77.3 cm³/mol. The Morgan fingerprint density at radius 1 is 1.45 bits per heavy atom. The number of rotatable bonds is 4. The minimum atomic E-state index is 0.487. The van der Waals surface area contributed by atoms with Gasteiger partial charge in [-0.1, -0.05) is 0 Å². The van der Waals surface area contributed by atoms with Crippen LogP contribution in [0.25, 0.3) is 0 Å². The molecule has 1 aliphatic rings. The molecule has 0 spiro atoms. The third-order valence-electron chi connectivity index (χ3n) is 3.79. The topological polar surface area (TPSA) is 58.9 Å². The molecule has 20 heavy (non-hydrogen) atoms. The fraction of sp³-hybridized carbons (Fsp3) is 0.500. The molecular weight excluding hydrogens is 252 g/mol. The first-order chi connectivity index (χ1) is 9.83. The number of hydrogen-bond acceptors (Lipinski definition) is 5. The van der Waals surface area contributed by atoms with Gasteiger partial charge in [0, 0.05) is 45.1 Å². The van der Waals surface area contributed by atoms with Crippen molar-refractivity contribution in [1.29, 1.82) is 0 Å². The molecule has 0 saturated carbocycles. The average Bonchev–Trinajstić information content (AvgIpc) is 2.92. The standard InChI is InChI=1S/C14H20N6/c1-19-11-15-8-13(19)9-16-12-4-3-7-20(10-12)14-5-2-6-17-18-14/h2,5-6,8,11-12,16H,3-4,7,9-10H2,1H3/t12-/m0/s1. The molecule has 0 aromatic carbocycles. The molecule has 2 aromatic rings. The highest BCUT2D eigenvalue weighted by molar-refractivity contribution is 5.37. The van der Waals surface area contributed by atoms with Crippen LogP contribution in [-0.2, 0) is 13.6 Å². The van der Waals surface area contributed by atoms with Crippen LogP contribution in [-0.4, -0.2) is 38.9 Å². The second kappa shape index (κ2) is 6.00. The molecule has 0 bridgehead atoms. The number of aryl methyl sites for hydroxylation is 1. The second-order valence-electron chi connectivity index (χ2n) is 5.24. The van der Waals surface area contributed by atoms with E-state index < -0.39 is 0 Å². The quantitative estimate of drug-likeness (QED) is 0.898. The van der Waals surface area contributed by atoms with Gasteiger partial charge in [0.2, 0.25) is 0 Å². The monoisotopic (exact) mass is 272 g/mol. The first-order valence-electron chi connectivity index (χ1n) is 7.04. The van der Waals surface area contributed by atoms with Gasteiger partial charge < -0.3 is 14.8 Å². The van der Waals surface area contributed by atoms with Crippen LogP contribution in [0.3, 0.4) is 0 Å². The molecule has 0 amide bonds. The molecule has 3 heterocycles. The molecule has 1 fully saturated rings. The summed E-state index contributed by atoms with van der Waals surface area (Å²) in [4.78, 5) is 6.45. The van der Waals surface area contributed by atoms with Gasteiger partial charge in [-0.2, -0.15) is 5.10 Å². The molecule has 106 valence electrons. The molecule has 0 radical (unpaired) electrons. The van der Waals surface area contributed by atoms with Crippen molar-refractivity contribution in [3.63, 3.8) is 0 Å². The largest absolute Gasteiger partial charge is 0.354 e. The van der Waals surface area contributed by atoms with Crippen LogP contribution < -0.4 is 10.2 Å². The van der Waals surface area contributed by atoms with Crippen LogP contribution in [0.15, 0.2) is 30.9 Å². The summed E-state index contributed by atoms with van der Waals surface area (Å²) in [5.74, 6) is 0.972. The van der Waals surface area contributed by atoms with E-state index in [0.29, 0.717) is 6.04 Å². The maximum Gasteiger partial charge on any atom is 0.151 e. The fourth-order valence-electron chi connectivity index (χ4n) is 2.62. The minimum Gasteiger partial charge on any atom is -0.354 e. The SMILES string of the molecule is Cn1cncc1CN[C@H]1CCCN(c2cccnn2)C1. The van der Waals surface area contributed by atoms with Gasteiger partial charge in [-0.05, 0) is 25.0 Å². The molecule has 2 aromatic heterocycles. The van der Waals surface area contributed by atoms with Crippen molar-refractivity contribution in [1.82, 2.24) is 25.1 Å². The minimum absolute atomic E-state index is 0.487. The molecule has 1 aliphatic heterocycles. The number of anilines is 1. The first kappa shape index (κ1) is 13.1. The summed E-state index contributed by atoms with van der Waals surface area (Å²) >= 11 is 0. The van der Waals surface area contributed by atoms with Gasteiger partial charge in [0.25, 0.3) is 0 Å². The zero-order valence-corrected chi connectivity index (χ0v) is 11.7. The molecule has 6 nitrogen and oxygen atoms in total. The molecule has 1 atom stereocenters. The summed E-state index contributed by atoms with van der Waals surface area (Å²) in [6, 6.07) is 4.45. The highest BCUT2D eigenvalue weighted by atomic mass is 15.3. The fourth-order valence-corrected chi connectivity index (χ4v) is 2.62. The highest BCUT2D eigenvalue weighted by Gasteiger charge is 2.20. The van der Waals surface area contributed by atoms with E-state index in [2.05, 4.69) is 30.0 Å². The Labute approximate surface area is 118 Å². The van der Waals surface area contributed by atoms with Crippen LogP contribution in [0, 0.1) is 0 Å². The normalized spacial score (nSPS) is 19.2. The average molecular weight is 272 g/mol. The van der Waals surface area contributed by atoms with Crippen molar-refractivity contribution in [2.75, 3.05) is 18.0 Å². The van der Waals surface area contributed by atoms with E-state index in [-0.39, 0.29) is 0 Å². The maximum absolute atomic E-state index is 4.20. The Hall–Kier alpha value is -1.95. The lowest BCUT2D eigenvalue weighted by atomic mass is 10.1. The Morgan fingerprint density at radius 2 is 2.40 bits per heavy atom. The number of hydrogen-bond donors (Lipinski definition) is 1. The van der Waals surface area contributed by atoms with E-state index in [1.54, 1.807) is 6.20 Å². The highest BCUT2D eigenvalue weighted by Crippen LogP contribution is 2.16. The summed E-state index contributed by atoms with van der Waals surface area (Å²) in [5, 5.41) is 11.8. The van der Waals surface area contributed by atoms with E-state index in [1.807, 2.05) is 31.7 Å². The van der Waals surface area contributed by atoms with E-state index in [4.69, 9.17) is 0 Å². The van der Waals surface area contributed by atoms with Crippen LogP contribution in [0.1, 0.15) is 18.5 Å². The summed E-state index contributed by atoms with van der Waals surface area (Å²) in [7, 11) is 2.02. The number of nitrogens with one attached hydrogen (secondary N) is 1. The molecule has 6 heteroatoms. The second-order valence-corrected chi connectivity index (χ2v) is 5.24. The predicted octanol–water partition coefficient (Wildman–Crippen LogP) is 0.969. The zero-order valence-electron chi connectivity index (χ0n) is 11.7. The zero-order chi connectivity index (χ0) is 13.8. The van der Waals surface area contributed by atoms with E-state index in [9.17, 15) is 0 Å². The van der Waals surface area contributed by atoms with E-state index in [1.165, 1.54) is 18.5 Å². The lowest BCUT2D eigenvalue weighted by Gasteiger charge is -2.33.